The number of nitrogens with zero attached hydrogens (tertiary/aromatic N) is 1. The van der Waals surface area contributed by atoms with Crippen LogP contribution in [0.2, 0.25) is 0 Å². The average Bonchev–Trinajstić information content (AvgIpc) is 2.67. The van der Waals surface area contributed by atoms with Crippen molar-refractivity contribution in [3.8, 4) is 0 Å². The Hall–Kier alpha value is -2.20. The van der Waals surface area contributed by atoms with Crippen molar-refractivity contribution in [2.24, 2.45) is 0 Å². The van der Waals surface area contributed by atoms with Gasteiger partial charge in [-0.05, 0) is 23.8 Å². The van der Waals surface area contributed by atoms with Crippen molar-refractivity contribution in [1.29, 1.82) is 0 Å². The van der Waals surface area contributed by atoms with Crippen LogP contribution >= 0.6 is 0 Å². The molecule has 1 heterocycles. The number of hydrogen-bond acceptors (Lipinski definition) is 2. The summed E-state index contributed by atoms with van der Waals surface area (Å²) in [5.74, 6) is -0.521. The molecular formula is C15H12FNO2. The minimum Gasteiger partial charge on any atom is -0.369 e. The molecular weight excluding hydrogens is 245 g/mol. The van der Waals surface area contributed by atoms with Crippen molar-refractivity contribution in [1.82, 2.24) is 4.90 Å². The summed E-state index contributed by atoms with van der Waals surface area (Å²) in [6.07, 6.45) is -0.936. The number of carbonyl (C=O) groups excluding carboxylic acids is 1. The zero-order chi connectivity index (χ0) is 13.4. The van der Waals surface area contributed by atoms with E-state index in [0.717, 1.165) is 5.56 Å². The van der Waals surface area contributed by atoms with Crippen molar-refractivity contribution >= 4 is 5.91 Å². The number of hydrogen-bond donors (Lipinski definition) is 1. The van der Waals surface area contributed by atoms with Crippen LogP contribution in [-0.2, 0) is 6.54 Å². The first-order valence-corrected chi connectivity index (χ1v) is 5.99. The molecule has 1 aliphatic rings. The Morgan fingerprint density at radius 1 is 1.11 bits per heavy atom. The Labute approximate surface area is 109 Å². The molecule has 1 amide bonds. The number of rotatable bonds is 2. The number of benzene rings is 2. The Bertz CT molecular complexity index is 624. The van der Waals surface area contributed by atoms with E-state index in [1.54, 1.807) is 36.4 Å². The van der Waals surface area contributed by atoms with Crippen LogP contribution in [0.25, 0.3) is 0 Å². The van der Waals surface area contributed by atoms with E-state index in [9.17, 15) is 14.3 Å². The zero-order valence-electron chi connectivity index (χ0n) is 10.1. The van der Waals surface area contributed by atoms with Gasteiger partial charge in [-0.1, -0.05) is 30.3 Å². The number of carbonyl (C=O) groups is 1. The number of aliphatic hydroxyl groups excluding tert-OH is 1. The third kappa shape index (κ3) is 2.00. The van der Waals surface area contributed by atoms with Gasteiger partial charge in [-0.25, -0.2) is 4.39 Å². The van der Waals surface area contributed by atoms with Gasteiger partial charge in [0.25, 0.3) is 5.91 Å². The highest BCUT2D eigenvalue weighted by molar-refractivity contribution is 5.98. The van der Waals surface area contributed by atoms with Gasteiger partial charge >= 0.3 is 0 Å². The predicted octanol–water partition coefficient (Wildman–Crippen LogP) is 2.47. The first-order chi connectivity index (χ1) is 9.16. The lowest BCUT2D eigenvalue weighted by atomic mass is 10.1. The summed E-state index contributed by atoms with van der Waals surface area (Å²) in [4.78, 5) is 13.5. The predicted molar refractivity (Wildman–Crippen MR) is 67.7 cm³/mol. The number of halogens is 1. The van der Waals surface area contributed by atoms with Gasteiger partial charge in [-0.15, -0.1) is 0 Å². The molecule has 3 nitrogen and oxygen atoms in total. The van der Waals surface area contributed by atoms with Gasteiger partial charge in [0.2, 0.25) is 0 Å². The minimum absolute atomic E-state index is 0.201. The molecule has 0 saturated carbocycles. The summed E-state index contributed by atoms with van der Waals surface area (Å²) in [5, 5.41) is 10.2. The van der Waals surface area contributed by atoms with E-state index in [-0.39, 0.29) is 18.3 Å². The molecule has 0 saturated heterocycles. The molecule has 3 rings (SSSR count). The molecule has 2 aromatic rings. The topological polar surface area (TPSA) is 40.5 Å². The Kier molecular flexibility index (Phi) is 2.80. The standard InChI is InChI=1S/C15H12FNO2/c16-11-7-5-10(6-8-11)9-17-14(18)12-3-1-2-4-13(12)15(17)19/h1-8,14,18H,9H2/t14-/m0/s1. The second-order valence-electron chi connectivity index (χ2n) is 4.52. The molecule has 0 aliphatic carbocycles. The molecule has 4 heteroatoms. The molecule has 0 spiro atoms. The lowest BCUT2D eigenvalue weighted by Gasteiger charge is -2.20. The van der Waals surface area contributed by atoms with E-state index in [4.69, 9.17) is 0 Å². The van der Waals surface area contributed by atoms with Crippen molar-refractivity contribution in [2.75, 3.05) is 0 Å². The van der Waals surface area contributed by atoms with Crippen LogP contribution in [0.3, 0.4) is 0 Å². The molecule has 1 aliphatic heterocycles. The van der Waals surface area contributed by atoms with Crippen molar-refractivity contribution in [3.63, 3.8) is 0 Å². The Morgan fingerprint density at radius 3 is 2.47 bits per heavy atom. The molecule has 0 aromatic heterocycles. The summed E-state index contributed by atoms with van der Waals surface area (Å²) in [5.41, 5.74) is 1.92. The second kappa shape index (κ2) is 4.48. The minimum atomic E-state index is -0.936. The SMILES string of the molecule is O=C1c2ccccc2[C@H](O)N1Cc1ccc(F)cc1. The van der Waals surface area contributed by atoms with E-state index in [1.807, 2.05) is 0 Å². The van der Waals surface area contributed by atoms with Crippen molar-refractivity contribution in [3.05, 3.63) is 71.0 Å². The van der Waals surface area contributed by atoms with Gasteiger partial charge in [0, 0.05) is 17.7 Å². The molecule has 1 atom stereocenters. The fourth-order valence-electron chi connectivity index (χ4n) is 2.30. The summed E-state index contributed by atoms with van der Waals surface area (Å²) in [7, 11) is 0. The van der Waals surface area contributed by atoms with Gasteiger partial charge in [-0.2, -0.15) is 0 Å². The Morgan fingerprint density at radius 2 is 1.79 bits per heavy atom. The maximum atomic E-state index is 12.8. The molecule has 2 aromatic carbocycles. The van der Waals surface area contributed by atoms with Crippen LogP contribution in [-0.4, -0.2) is 15.9 Å². The van der Waals surface area contributed by atoms with E-state index < -0.39 is 6.23 Å². The number of aliphatic hydroxyl groups is 1. The van der Waals surface area contributed by atoms with E-state index >= 15 is 0 Å². The largest absolute Gasteiger partial charge is 0.369 e. The molecule has 0 bridgehead atoms. The first-order valence-electron chi connectivity index (χ1n) is 5.99. The maximum absolute atomic E-state index is 12.8. The quantitative estimate of drug-likeness (QED) is 0.897. The van der Waals surface area contributed by atoms with Crippen LogP contribution in [0.1, 0.15) is 27.7 Å². The summed E-state index contributed by atoms with van der Waals surface area (Å²) in [6.45, 7) is 0.259. The lowest BCUT2D eigenvalue weighted by Crippen LogP contribution is -2.27. The summed E-state index contributed by atoms with van der Waals surface area (Å²) >= 11 is 0. The highest BCUT2D eigenvalue weighted by Crippen LogP contribution is 2.32. The van der Waals surface area contributed by atoms with Gasteiger partial charge in [0.05, 0.1) is 0 Å². The van der Waals surface area contributed by atoms with Crippen LogP contribution in [0.4, 0.5) is 4.39 Å². The van der Waals surface area contributed by atoms with Crippen LogP contribution in [0, 0.1) is 5.82 Å². The van der Waals surface area contributed by atoms with Crippen LogP contribution in [0.15, 0.2) is 48.5 Å². The van der Waals surface area contributed by atoms with Gasteiger partial charge in [0.1, 0.15) is 5.82 Å². The molecule has 0 fully saturated rings. The first kappa shape index (κ1) is 11.9. The van der Waals surface area contributed by atoms with E-state index in [2.05, 4.69) is 0 Å². The highest BCUT2D eigenvalue weighted by Gasteiger charge is 2.34. The van der Waals surface area contributed by atoms with Crippen molar-refractivity contribution < 1.29 is 14.3 Å². The fourth-order valence-corrected chi connectivity index (χ4v) is 2.30. The zero-order valence-corrected chi connectivity index (χ0v) is 10.1. The molecule has 19 heavy (non-hydrogen) atoms. The number of fused-ring (bicyclic) bond motifs is 1. The molecule has 96 valence electrons. The van der Waals surface area contributed by atoms with Gasteiger partial charge in [-0.3, -0.25) is 4.79 Å². The van der Waals surface area contributed by atoms with E-state index in [1.165, 1.54) is 17.0 Å². The van der Waals surface area contributed by atoms with Crippen LogP contribution in [0.5, 0.6) is 0 Å². The Balaban J connectivity index is 1.88. The summed E-state index contributed by atoms with van der Waals surface area (Å²) in [6, 6.07) is 12.9. The third-order valence-electron chi connectivity index (χ3n) is 3.29. The molecule has 0 unspecified atom stereocenters. The van der Waals surface area contributed by atoms with Gasteiger partial charge in [0.15, 0.2) is 6.23 Å². The van der Waals surface area contributed by atoms with Gasteiger partial charge < -0.3 is 10.0 Å². The van der Waals surface area contributed by atoms with Crippen molar-refractivity contribution in [2.45, 2.75) is 12.8 Å². The van der Waals surface area contributed by atoms with E-state index in [0.29, 0.717) is 11.1 Å². The lowest BCUT2D eigenvalue weighted by molar-refractivity contribution is 0.0137. The second-order valence-corrected chi connectivity index (χ2v) is 4.52. The monoisotopic (exact) mass is 257 g/mol. The third-order valence-corrected chi connectivity index (χ3v) is 3.29. The average molecular weight is 257 g/mol. The fraction of sp³-hybridized carbons (Fsp3) is 0.133. The normalized spacial score (nSPS) is 17.7. The molecule has 0 radical (unpaired) electrons. The maximum Gasteiger partial charge on any atom is 0.256 e. The number of amides is 1. The highest BCUT2D eigenvalue weighted by atomic mass is 19.1. The van der Waals surface area contributed by atoms with Crippen LogP contribution < -0.4 is 0 Å². The smallest absolute Gasteiger partial charge is 0.256 e. The molecule has 1 N–H and O–H groups in total. The summed E-state index contributed by atoms with van der Waals surface area (Å²) < 4.78 is 12.8.